The fourth-order valence-electron chi connectivity index (χ4n) is 9.26. The van der Waals surface area contributed by atoms with E-state index in [-0.39, 0.29) is 92.8 Å². The topological polar surface area (TPSA) is 282 Å². The van der Waals surface area contributed by atoms with Crippen LogP contribution in [0.2, 0.25) is 0 Å². The molecule has 15 nitrogen and oxygen atoms in total. The standard InChI is InChI=1S/2C19H10N2O2.C12H6O2.C7H8N2O2.2Na.H2O/c2*22-19(23)11-7-8-14-15(9-11)21-18-13-6-2-4-10-3-1-5-12(16(10)13)17(18)20-14;13-11-8-5-1-3-7-4-2-6-9(10(7)8)12(11)14;8-5-2-1-4(7(10)11)3-6(5)9;;;/h2*1-9H,(H,22,23);1-6H;1-3H,8-9H2,(H,10,11);;;1H2/q;;;;2*+1;/p-2. The molecule has 0 atom stereocenters. The SMILES string of the molecule is Nc1ccc(C(=O)O)cc1N.O=C(O)c1ccc2nc3c(nc2c1)-c1cccc2cccc-3c12.O=C([O-])c1ccc2nc3c(nc2c1)-c1cccc2cccc-3c12.O=C1C(=O)c2cccc3cccc1c23.[Na+].[Na+].[OH-]. The number of anilines is 2. The van der Waals surface area contributed by atoms with Gasteiger partial charge in [0.25, 0.3) is 0 Å². The van der Waals surface area contributed by atoms with Crippen molar-refractivity contribution in [3.63, 3.8) is 0 Å². The van der Waals surface area contributed by atoms with Gasteiger partial charge in [0, 0.05) is 49.5 Å². The van der Waals surface area contributed by atoms with Gasteiger partial charge in [-0.25, -0.2) is 29.5 Å². The normalized spacial score (nSPS) is 11.4. The van der Waals surface area contributed by atoms with Crippen molar-refractivity contribution in [2.24, 2.45) is 0 Å². The zero-order valence-electron chi connectivity index (χ0n) is 39.3. The zero-order valence-corrected chi connectivity index (χ0v) is 43.3. The molecule has 14 rings (SSSR count). The number of benzene rings is 9. The van der Waals surface area contributed by atoms with Gasteiger partial charge in [-0.2, -0.15) is 0 Å². The fourth-order valence-corrected chi connectivity index (χ4v) is 9.26. The average molecular weight is 993 g/mol. The quantitative estimate of drug-likeness (QED) is 0.112. The van der Waals surface area contributed by atoms with Crippen molar-refractivity contribution in [2.75, 3.05) is 11.5 Å². The van der Waals surface area contributed by atoms with Gasteiger partial charge < -0.3 is 37.1 Å². The number of Topliss-reactive ketones (excluding diaryl/α,β-unsaturated/α-hetero) is 2. The molecule has 17 heteroatoms. The van der Waals surface area contributed by atoms with E-state index in [0.717, 1.165) is 72.0 Å². The van der Waals surface area contributed by atoms with Crippen LogP contribution < -0.4 is 75.7 Å². The predicted octanol–water partition coefficient (Wildman–Crippen LogP) is 3.52. The molecule has 0 spiro atoms. The smallest absolute Gasteiger partial charge is 0.870 e. The molecule has 0 fully saturated rings. The molecule has 9 aromatic carbocycles. The van der Waals surface area contributed by atoms with E-state index in [4.69, 9.17) is 36.6 Å². The van der Waals surface area contributed by atoms with Crippen LogP contribution >= 0.6 is 0 Å². The maximum absolute atomic E-state index is 11.5. The van der Waals surface area contributed by atoms with Crippen molar-refractivity contribution < 1.29 is 104 Å². The van der Waals surface area contributed by atoms with Crippen LogP contribution in [-0.4, -0.2) is 65.1 Å². The molecule has 3 aliphatic rings. The number of aromatic carboxylic acids is 3. The number of nitrogen functional groups attached to an aromatic ring is 2. The first kappa shape index (κ1) is 52.1. The van der Waals surface area contributed by atoms with E-state index in [1.165, 1.54) is 35.7 Å². The Labute approximate surface area is 463 Å². The Morgan fingerprint density at radius 1 is 0.392 bits per heavy atom. The molecule has 0 radical (unpaired) electrons. The molecule has 0 bridgehead atoms. The zero-order chi connectivity index (χ0) is 49.2. The Kier molecular flexibility index (Phi) is 14.6. The van der Waals surface area contributed by atoms with Crippen molar-refractivity contribution in [3.05, 3.63) is 192 Å². The van der Waals surface area contributed by atoms with Gasteiger partial charge in [-0.05, 0) is 70.3 Å². The minimum Gasteiger partial charge on any atom is -0.870 e. The second-order valence-electron chi connectivity index (χ2n) is 16.8. The summed E-state index contributed by atoms with van der Waals surface area (Å²) in [6.45, 7) is 0. The van der Waals surface area contributed by atoms with Crippen LogP contribution in [0.15, 0.2) is 164 Å². The van der Waals surface area contributed by atoms with Crippen LogP contribution in [0.25, 0.3) is 99.4 Å². The third-order valence-electron chi connectivity index (χ3n) is 12.6. The van der Waals surface area contributed by atoms with E-state index >= 15 is 0 Å². The van der Waals surface area contributed by atoms with E-state index in [1.54, 1.807) is 48.5 Å². The molecule has 0 saturated heterocycles. The van der Waals surface area contributed by atoms with Gasteiger partial charge in [0.15, 0.2) is 0 Å². The summed E-state index contributed by atoms with van der Waals surface area (Å²) in [6.07, 6.45) is 0. The molecule has 2 heterocycles. The van der Waals surface area contributed by atoms with Gasteiger partial charge in [-0.1, -0.05) is 115 Å². The molecule has 0 aliphatic heterocycles. The third kappa shape index (κ3) is 9.03. The first-order chi connectivity index (χ1) is 34.3. The van der Waals surface area contributed by atoms with Gasteiger partial charge in [0.2, 0.25) is 11.6 Å². The first-order valence-corrected chi connectivity index (χ1v) is 22.0. The van der Waals surface area contributed by atoms with Gasteiger partial charge in [0.1, 0.15) is 0 Å². The Morgan fingerprint density at radius 3 is 1.07 bits per heavy atom. The summed E-state index contributed by atoms with van der Waals surface area (Å²) < 4.78 is 0. The average Bonchev–Trinajstić information content (AvgIpc) is 3.96. The molecule has 3 aliphatic carbocycles. The van der Waals surface area contributed by atoms with E-state index in [9.17, 15) is 29.1 Å². The molecular weight excluding hydrogens is 959 g/mol. The van der Waals surface area contributed by atoms with Crippen LogP contribution in [0.4, 0.5) is 11.4 Å². The molecular formula is C57H34N6Na2O9. The van der Waals surface area contributed by atoms with Gasteiger partial charge in [0.05, 0.1) is 73.3 Å². The summed E-state index contributed by atoms with van der Waals surface area (Å²) in [7, 11) is 0. The van der Waals surface area contributed by atoms with Crippen molar-refractivity contribution in [3.8, 4) is 45.0 Å². The fraction of sp³-hybridized carbons (Fsp3) is 0. The van der Waals surface area contributed by atoms with E-state index < -0.39 is 17.9 Å². The van der Waals surface area contributed by atoms with Gasteiger partial charge >= 0.3 is 71.1 Å². The third-order valence-corrected chi connectivity index (χ3v) is 12.6. The van der Waals surface area contributed by atoms with Crippen molar-refractivity contribution in [1.29, 1.82) is 0 Å². The Bertz CT molecular complexity index is 3960. The minimum absolute atomic E-state index is 0. The molecule has 348 valence electrons. The summed E-state index contributed by atoms with van der Waals surface area (Å²) >= 11 is 0. The van der Waals surface area contributed by atoms with Gasteiger partial charge in [-0.3, -0.25) is 9.59 Å². The second-order valence-corrected chi connectivity index (χ2v) is 16.8. The number of rotatable bonds is 3. The van der Waals surface area contributed by atoms with E-state index in [2.05, 4.69) is 35.3 Å². The first-order valence-electron chi connectivity index (χ1n) is 22.0. The second kappa shape index (κ2) is 20.7. The number of carbonyl (C=O) groups excluding carboxylic acids is 3. The van der Waals surface area contributed by atoms with Crippen LogP contribution in [-0.2, 0) is 0 Å². The number of aromatic nitrogens is 4. The maximum Gasteiger partial charge on any atom is 1.00 e. The number of ketones is 2. The number of fused-ring (bicyclic) bond motifs is 8. The van der Waals surface area contributed by atoms with E-state index in [0.29, 0.717) is 44.6 Å². The summed E-state index contributed by atoms with van der Waals surface area (Å²) in [4.78, 5) is 74.5. The summed E-state index contributed by atoms with van der Waals surface area (Å²) in [5.74, 6) is -3.93. The van der Waals surface area contributed by atoms with Crippen LogP contribution in [0.5, 0.6) is 0 Å². The summed E-state index contributed by atoms with van der Waals surface area (Å²) in [5.41, 5.74) is 23.2. The summed E-state index contributed by atoms with van der Waals surface area (Å²) in [5, 5.41) is 35.1. The van der Waals surface area contributed by atoms with Crippen LogP contribution in [0.3, 0.4) is 0 Å². The number of nitrogens with two attached hydrogens (primary N) is 2. The Balaban J connectivity index is 0.000000135. The number of hydrogen-bond donors (Lipinski definition) is 4. The monoisotopic (exact) mass is 992 g/mol. The molecule has 0 unspecified atom stereocenters. The number of hydrogen-bond acceptors (Lipinski definition) is 13. The van der Waals surface area contributed by atoms with Crippen LogP contribution in [0.1, 0.15) is 51.8 Å². The maximum atomic E-state index is 11.5. The van der Waals surface area contributed by atoms with E-state index in [1.807, 2.05) is 54.6 Å². The number of nitrogens with zero attached hydrogens (tertiary/aromatic N) is 4. The molecule has 74 heavy (non-hydrogen) atoms. The molecule has 2 aromatic heterocycles. The molecule has 0 saturated carbocycles. The minimum atomic E-state index is -1.21. The summed E-state index contributed by atoms with van der Waals surface area (Å²) in [6, 6.07) is 49.1. The molecule has 11 aromatic rings. The van der Waals surface area contributed by atoms with Gasteiger partial charge in [-0.15, -0.1) is 0 Å². The Hall–Kier alpha value is -8.25. The van der Waals surface area contributed by atoms with Crippen molar-refractivity contribution in [2.45, 2.75) is 0 Å². The van der Waals surface area contributed by atoms with Crippen molar-refractivity contribution in [1.82, 2.24) is 19.9 Å². The molecule has 0 amide bonds. The van der Waals surface area contributed by atoms with Crippen molar-refractivity contribution >= 4 is 95.2 Å². The number of carbonyl (C=O) groups is 5. The Morgan fingerprint density at radius 2 is 0.703 bits per heavy atom. The number of carboxylic acid groups (broad SMARTS) is 3. The largest absolute Gasteiger partial charge is 1.00 e. The predicted molar refractivity (Wildman–Crippen MR) is 271 cm³/mol. The van der Waals surface area contributed by atoms with Crippen LogP contribution in [0, 0.1) is 0 Å². The molecule has 7 N–H and O–H groups in total. The number of carboxylic acids is 3.